The van der Waals surface area contributed by atoms with Crippen LogP contribution in [-0.2, 0) is 0 Å². The van der Waals surface area contributed by atoms with Gasteiger partial charge in [-0.05, 0) is 44.4 Å². The van der Waals surface area contributed by atoms with Crippen molar-refractivity contribution in [2.75, 3.05) is 42.9 Å². The van der Waals surface area contributed by atoms with Crippen molar-refractivity contribution < 1.29 is 4.79 Å². The van der Waals surface area contributed by atoms with Crippen molar-refractivity contribution >= 4 is 17.4 Å². The zero-order valence-electron chi connectivity index (χ0n) is 17.5. The van der Waals surface area contributed by atoms with E-state index in [-0.39, 0.29) is 5.91 Å². The van der Waals surface area contributed by atoms with E-state index in [0.717, 1.165) is 38.3 Å². The molecule has 1 aromatic carbocycles. The normalized spacial score (nSPS) is 14.3. The van der Waals surface area contributed by atoms with Crippen LogP contribution in [0.3, 0.4) is 0 Å². The predicted octanol–water partition coefficient (Wildman–Crippen LogP) is 3.58. The molecule has 3 rings (SSSR count). The van der Waals surface area contributed by atoms with Gasteiger partial charge in [0.1, 0.15) is 17.3 Å². The summed E-state index contributed by atoms with van der Waals surface area (Å²) >= 11 is 0. The van der Waals surface area contributed by atoms with Crippen LogP contribution in [0.2, 0.25) is 0 Å². The predicted molar refractivity (Wildman–Crippen MR) is 114 cm³/mol. The number of piperazine rings is 1. The second kappa shape index (κ2) is 9.04. The van der Waals surface area contributed by atoms with Crippen LogP contribution in [-0.4, -0.2) is 53.5 Å². The van der Waals surface area contributed by atoms with Gasteiger partial charge in [-0.15, -0.1) is 0 Å². The molecular weight excluding hydrogens is 350 g/mol. The number of hydrogen-bond acceptors (Lipinski definition) is 5. The highest BCUT2D eigenvalue weighted by atomic mass is 16.2. The van der Waals surface area contributed by atoms with Gasteiger partial charge in [-0.25, -0.2) is 9.97 Å². The lowest BCUT2D eigenvalue weighted by molar-refractivity contribution is 0.0740. The Morgan fingerprint density at radius 2 is 1.86 bits per heavy atom. The third-order valence-corrected chi connectivity index (χ3v) is 5.38. The van der Waals surface area contributed by atoms with Gasteiger partial charge in [0.05, 0.1) is 0 Å². The molecular formula is C22H31N5O. The van der Waals surface area contributed by atoms with Crippen molar-refractivity contribution in [1.82, 2.24) is 14.9 Å². The Morgan fingerprint density at radius 3 is 2.57 bits per heavy atom. The molecule has 1 aliphatic rings. The number of hydrogen-bond donors (Lipinski definition) is 1. The Hall–Kier alpha value is -2.63. The lowest BCUT2D eigenvalue weighted by Crippen LogP contribution is -2.49. The molecule has 0 radical (unpaired) electrons. The van der Waals surface area contributed by atoms with Crippen LogP contribution in [0.15, 0.2) is 24.3 Å². The van der Waals surface area contributed by atoms with Gasteiger partial charge >= 0.3 is 0 Å². The lowest BCUT2D eigenvalue weighted by atomic mass is 10.1. The average molecular weight is 382 g/mol. The summed E-state index contributed by atoms with van der Waals surface area (Å²) in [7, 11) is 0. The highest BCUT2D eigenvalue weighted by molar-refractivity contribution is 5.93. The van der Waals surface area contributed by atoms with Gasteiger partial charge in [0.2, 0.25) is 0 Å². The molecule has 0 bridgehead atoms. The van der Waals surface area contributed by atoms with Crippen LogP contribution in [0.1, 0.15) is 47.2 Å². The van der Waals surface area contributed by atoms with Crippen LogP contribution in [0, 0.1) is 20.8 Å². The average Bonchev–Trinajstić information content (AvgIpc) is 2.69. The lowest BCUT2D eigenvalue weighted by Gasteiger charge is -2.37. The number of carbonyl (C=O) groups excluding carboxylic acids is 1. The van der Waals surface area contributed by atoms with Crippen molar-refractivity contribution in [2.45, 2.75) is 40.5 Å². The number of rotatable bonds is 6. The van der Waals surface area contributed by atoms with E-state index in [9.17, 15) is 4.79 Å². The van der Waals surface area contributed by atoms with Crippen LogP contribution in [0.4, 0.5) is 11.5 Å². The van der Waals surface area contributed by atoms with Gasteiger partial charge in [0.25, 0.3) is 5.91 Å². The SMILES string of the molecule is CCCCNc1cc(C(=O)N2CCN(c3cccc(C)c3C)CC2)nc(C)n1. The zero-order chi connectivity index (χ0) is 20.1. The number of anilines is 2. The molecule has 0 aliphatic carbocycles. The highest BCUT2D eigenvalue weighted by Gasteiger charge is 2.24. The van der Waals surface area contributed by atoms with Gasteiger partial charge in [-0.2, -0.15) is 0 Å². The molecule has 28 heavy (non-hydrogen) atoms. The molecule has 1 N–H and O–H groups in total. The first-order chi connectivity index (χ1) is 13.5. The molecule has 1 fully saturated rings. The topological polar surface area (TPSA) is 61.4 Å². The fourth-order valence-electron chi connectivity index (χ4n) is 3.55. The minimum atomic E-state index is -0.00958. The van der Waals surface area contributed by atoms with Gasteiger partial charge in [0, 0.05) is 44.5 Å². The van der Waals surface area contributed by atoms with E-state index in [4.69, 9.17) is 0 Å². The summed E-state index contributed by atoms with van der Waals surface area (Å²) in [5.41, 5.74) is 4.37. The van der Waals surface area contributed by atoms with Crippen molar-refractivity contribution in [3.63, 3.8) is 0 Å². The molecule has 150 valence electrons. The standard InChI is InChI=1S/C22H31N5O/c1-5-6-10-23-21-15-19(24-18(4)25-21)22(28)27-13-11-26(12-14-27)20-9-7-8-16(2)17(20)3/h7-9,15H,5-6,10-14H2,1-4H3,(H,23,24,25). The maximum Gasteiger partial charge on any atom is 0.272 e. The summed E-state index contributed by atoms with van der Waals surface area (Å²) in [6.45, 7) is 12.2. The highest BCUT2D eigenvalue weighted by Crippen LogP contribution is 2.24. The number of amides is 1. The van der Waals surface area contributed by atoms with E-state index in [2.05, 4.69) is 59.2 Å². The molecule has 2 heterocycles. The Morgan fingerprint density at radius 1 is 1.11 bits per heavy atom. The first-order valence-electron chi connectivity index (χ1n) is 10.2. The smallest absolute Gasteiger partial charge is 0.272 e. The summed E-state index contributed by atoms with van der Waals surface area (Å²) in [6.07, 6.45) is 2.19. The minimum absolute atomic E-state index is 0.00958. The fraction of sp³-hybridized carbons (Fsp3) is 0.500. The first-order valence-corrected chi connectivity index (χ1v) is 10.2. The zero-order valence-corrected chi connectivity index (χ0v) is 17.5. The van der Waals surface area contributed by atoms with Crippen LogP contribution < -0.4 is 10.2 Å². The minimum Gasteiger partial charge on any atom is -0.370 e. The molecule has 1 aromatic heterocycles. The number of carbonyl (C=O) groups is 1. The van der Waals surface area contributed by atoms with Gasteiger partial charge in [0.15, 0.2) is 0 Å². The summed E-state index contributed by atoms with van der Waals surface area (Å²) in [5, 5.41) is 3.29. The van der Waals surface area contributed by atoms with E-state index in [0.29, 0.717) is 24.6 Å². The Bertz CT molecular complexity index is 828. The Balaban J connectivity index is 1.66. The number of nitrogens with one attached hydrogen (secondary N) is 1. The quantitative estimate of drug-likeness (QED) is 0.775. The van der Waals surface area contributed by atoms with E-state index in [1.54, 1.807) is 6.07 Å². The Labute approximate surface area is 168 Å². The monoisotopic (exact) mass is 381 g/mol. The molecule has 6 nitrogen and oxygen atoms in total. The molecule has 0 atom stereocenters. The molecule has 0 spiro atoms. The maximum atomic E-state index is 13.0. The summed E-state index contributed by atoms with van der Waals surface area (Å²) in [6, 6.07) is 8.19. The second-order valence-electron chi connectivity index (χ2n) is 7.46. The summed E-state index contributed by atoms with van der Waals surface area (Å²) in [5.74, 6) is 1.35. The molecule has 1 saturated heterocycles. The summed E-state index contributed by atoms with van der Waals surface area (Å²) in [4.78, 5) is 26.0. The van der Waals surface area contributed by atoms with E-state index in [1.165, 1.54) is 16.8 Å². The number of benzene rings is 1. The molecule has 1 amide bonds. The van der Waals surface area contributed by atoms with Crippen molar-refractivity contribution in [1.29, 1.82) is 0 Å². The molecule has 6 heteroatoms. The number of nitrogens with zero attached hydrogens (tertiary/aromatic N) is 4. The van der Waals surface area contributed by atoms with Crippen molar-refractivity contribution in [2.24, 2.45) is 0 Å². The van der Waals surface area contributed by atoms with Crippen molar-refractivity contribution in [3.05, 3.63) is 46.9 Å². The molecule has 0 unspecified atom stereocenters. The third kappa shape index (κ3) is 4.61. The van der Waals surface area contributed by atoms with Gasteiger partial charge < -0.3 is 15.1 Å². The molecule has 0 saturated carbocycles. The van der Waals surface area contributed by atoms with E-state index >= 15 is 0 Å². The largest absolute Gasteiger partial charge is 0.370 e. The van der Waals surface area contributed by atoms with E-state index in [1.807, 2.05) is 11.8 Å². The Kier molecular flexibility index (Phi) is 6.49. The fourth-order valence-corrected chi connectivity index (χ4v) is 3.55. The second-order valence-corrected chi connectivity index (χ2v) is 7.46. The van der Waals surface area contributed by atoms with Crippen LogP contribution in [0.25, 0.3) is 0 Å². The van der Waals surface area contributed by atoms with Gasteiger partial charge in [-0.3, -0.25) is 4.79 Å². The van der Waals surface area contributed by atoms with Crippen LogP contribution in [0.5, 0.6) is 0 Å². The third-order valence-electron chi connectivity index (χ3n) is 5.38. The van der Waals surface area contributed by atoms with Crippen molar-refractivity contribution in [3.8, 4) is 0 Å². The summed E-state index contributed by atoms with van der Waals surface area (Å²) < 4.78 is 0. The van der Waals surface area contributed by atoms with Gasteiger partial charge in [-0.1, -0.05) is 25.5 Å². The maximum absolute atomic E-state index is 13.0. The number of aryl methyl sites for hydroxylation is 2. The van der Waals surface area contributed by atoms with E-state index < -0.39 is 0 Å². The number of unbranched alkanes of at least 4 members (excludes halogenated alkanes) is 1. The number of aromatic nitrogens is 2. The molecule has 1 aliphatic heterocycles. The first kappa shape index (κ1) is 20.1. The molecule has 2 aromatic rings. The van der Waals surface area contributed by atoms with Crippen LogP contribution >= 0.6 is 0 Å².